The normalized spacial score (nSPS) is 10.6. The second-order valence-corrected chi connectivity index (χ2v) is 5.56. The third-order valence-electron chi connectivity index (χ3n) is 2.46. The molecule has 2 nitrogen and oxygen atoms in total. The van der Waals surface area contributed by atoms with Crippen LogP contribution in [0.2, 0.25) is 10.0 Å². The van der Waals surface area contributed by atoms with Crippen LogP contribution in [0.1, 0.15) is 0 Å². The largest absolute Gasteiger partial charge is 0.310 e. The van der Waals surface area contributed by atoms with Crippen LogP contribution >= 0.6 is 45.8 Å². The Morgan fingerprint density at radius 2 is 1.88 bits per heavy atom. The maximum atomic E-state index is 11.8. The van der Waals surface area contributed by atoms with Gasteiger partial charge >= 0.3 is 0 Å². The number of pyridine rings is 1. The predicted molar refractivity (Wildman–Crippen MR) is 79.9 cm³/mol. The van der Waals surface area contributed by atoms with Gasteiger partial charge in [-0.25, -0.2) is 0 Å². The van der Waals surface area contributed by atoms with Crippen LogP contribution in [0.25, 0.3) is 11.3 Å². The summed E-state index contributed by atoms with van der Waals surface area (Å²) in [6, 6.07) is 8.89. The molecule has 1 heterocycles. The van der Waals surface area contributed by atoms with Crippen molar-refractivity contribution in [3.63, 3.8) is 0 Å². The molecule has 0 aliphatic carbocycles. The van der Waals surface area contributed by atoms with Crippen LogP contribution in [0, 0.1) is 3.57 Å². The van der Waals surface area contributed by atoms with Crippen LogP contribution in [0.3, 0.4) is 0 Å². The average Bonchev–Trinajstić information content (AvgIpc) is 2.28. The SMILES string of the molecule is Cn1c(-c2ccc(Cl)cc2Cl)ccc(I)c1=O. The highest BCUT2D eigenvalue weighted by Crippen LogP contribution is 2.29. The monoisotopic (exact) mass is 379 g/mol. The number of hydrogen-bond acceptors (Lipinski definition) is 1. The van der Waals surface area contributed by atoms with Gasteiger partial charge in [0.2, 0.25) is 0 Å². The molecule has 0 amide bonds. The number of hydrogen-bond donors (Lipinski definition) is 0. The summed E-state index contributed by atoms with van der Waals surface area (Å²) >= 11 is 14.0. The topological polar surface area (TPSA) is 22.0 Å². The van der Waals surface area contributed by atoms with E-state index in [1.807, 2.05) is 34.7 Å². The number of benzene rings is 1. The molecule has 0 spiro atoms. The molecular weight excluding hydrogens is 372 g/mol. The van der Waals surface area contributed by atoms with Gasteiger partial charge in [0.25, 0.3) is 5.56 Å². The van der Waals surface area contributed by atoms with Crippen molar-refractivity contribution in [3.05, 3.63) is 54.3 Å². The van der Waals surface area contributed by atoms with Crippen LogP contribution < -0.4 is 5.56 Å². The zero-order chi connectivity index (χ0) is 12.6. The van der Waals surface area contributed by atoms with Gasteiger partial charge in [0.1, 0.15) is 0 Å². The van der Waals surface area contributed by atoms with E-state index in [0.717, 1.165) is 11.3 Å². The number of nitrogens with zero attached hydrogens (tertiary/aromatic N) is 1. The van der Waals surface area contributed by atoms with Crippen LogP contribution in [0.5, 0.6) is 0 Å². The summed E-state index contributed by atoms with van der Waals surface area (Å²) in [5.41, 5.74) is 1.54. The van der Waals surface area contributed by atoms with Crippen molar-refractivity contribution in [2.75, 3.05) is 0 Å². The van der Waals surface area contributed by atoms with Gasteiger partial charge in [-0.05, 0) is 52.9 Å². The maximum Gasteiger partial charge on any atom is 0.264 e. The first kappa shape index (κ1) is 12.9. The summed E-state index contributed by atoms with van der Waals surface area (Å²) in [7, 11) is 1.73. The maximum absolute atomic E-state index is 11.8. The lowest BCUT2D eigenvalue weighted by molar-refractivity contribution is 0.863. The van der Waals surface area contributed by atoms with E-state index in [2.05, 4.69) is 0 Å². The minimum atomic E-state index is -0.0332. The highest BCUT2D eigenvalue weighted by molar-refractivity contribution is 14.1. The molecule has 0 saturated heterocycles. The Bertz CT molecular complexity index is 637. The second kappa shape index (κ2) is 5.00. The van der Waals surface area contributed by atoms with Crippen LogP contribution in [0.15, 0.2) is 35.1 Å². The quantitative estimate of drug-likeness (QED) is 0.687. The zero-order valence-corrected chi connectivity index (χ0v) is 12.5. The third-order valence-corrected chi connectivity index (χ3v) is 3.83. The molecule has 0 aliphatic heterocycles. The molecule has 0 atom stereocenters. The fourth-order valence-electron chi connectivity index (χ4n) is 1.57. The summed E-state index contributed by atoms with van der Waals surface area (Å²) in [5.74, 6) is 0. The first-order valence-corrected chi connectivity index (χ1v) is 6.65. The van der Waals surface area contributed by atoms with E-state index >= 15 is 0 Å². The fraction of sp³-hybridized carbons (Fsp3) is 0.0833. The van der Waals surface area contributed by atoms with Gasteiger partial charge in [-0.15, -0.1) is 0 Å². The van der Waals surface area contributed by atoms with Crippen LogP contribution in [-0.2, 0) is 7.05 Å². The molecule has 0 fully saturated rings. The lowest BCUT2D eigenvalue weighted by atomic mass is 10.1. The minimum Gasteiger partial charge on any atom is -0.310 e. The molecule has 2 aromatic rings. The molecule has 0 aliphatic rings. The highest BCUT2D eigenvalue weighted by atomic mass is 127. The molecule has 0 unspecified atom stereocenters. The third kappa shape index (κ3) is 2.51. The van der Waals surface area contributed by atoms with E-state index in [1.165, 1.54) is 0 Å². The molecule has 0 bridgehead atoms. The fourth-order valence-corrected chi connectivity index (χ4v) is 2.62. The molecule has 2 rings (SSSR count). The average molecular weight is 380 g/mol. The van der Waals surface area contributed by atoms with Crippen LogP contribution in [0.4, 0.5) is 0 Å². The van der Waals surface area contributed by atoms with Crippen molar-refractivity contribution in [2.24, 2.45) is 7.05 Å². The van der Waals surface area contributed by atoms with Crippen molar-refractivity contribution in [2.45, 2.75) is 0 Å². The van der Waals surface area contributed by atoms with Crippen LogP contribution in [-0.4, -0.2) is 4.57 Å². The highest BCUT2D eigenvalue weighted by Gasteiger charge is 2.09. The standard InChI is InChI=1S/C12H8Cl2INO/c1-16-11(5-4-10(15)12(16)17)8-3-2-7(13)6-9(8)14/h2-6H,1H3. The summed E-state index contributed by atoms with van der Waals surface area (Å²) in [4.78, 5) is 11.8. The number of halogens is 3. The predicted octanol–water partition coefficient (Wildman–Crippen LogP) is 3.96. The number of rotatable bonds is 1. The molecule has 0 N–H and O–H groups in total. The van der Waals surface area contributed by atoms with Gasteiger partial charge in [0.15, 0.2) is 0 Å². The molecule has 88 valence electrons. The molecular formula is C12H8Cl2INO. The second-order valence-electron chi connectivity index (χ2n) is 3.55. The zero-order valence-electron chi connectivity index (χ0n) is 8.88. The molecule has 0 saturated carbocycles. The van der Waals surface area contributed by atoms with E-state index < -0.39 is 0 Å². The summed E-state index contributed by atoms with van der Waals surface area (Å²) in [5, 5.41) is 1.11. The Morgan fingerprint density at radius 1 is 1.18 bits per heavy atom. The van der Waals surface area contributed by atoms with Crippen molar-refractivity contribution < 1.29 is 0 Å². The van der Waals surface area contributed by atoms with Crippen molar-refractivity contribution in [1.29, 1.82) is 0 Å². The van der Waals surface area contributed by atoms with E-state index in [0.29, 0.717) is 13.6 Å². The molecule has 1 aromatic carbocycles. The Labute approximate surface area is 122 Å². The Kier molecular flexibility index (Phi) is 3.80. The van der Waals surface area contributed by atoms with Gasteiger partial charge < -0.3 is 4.57 Å². The summed E-state index contributed by atoms with van der Waals surface area (Å²) < 4.78 is 2.26. The lowest BCUT2D eigenvalue weighted by Crippen LogP contribution is -2.20. The Morgan fingerprint density at radius 3 is 2.53 bits per heavy atom. The first-order chi connectivity index (χ1) is 8.00. The van der Waals surface area contributed by atoms with Gasteiger partial charge in [-0.3, -0.25) is 4.79 Å². The Balaban J connectivity index is 2.69. The van der Waals surface area contributed by atoms with Crippen molar-refractivity contribution in [3.8, 4) is 11.3 Å². The number of aromatic nitrogens is 1. The first-order valence-electron chi connectivity index (χ1n) is 4.81. The molecule has 0 radical (unpaired) electrons. The van der Waals surface area contributed by atoms with E-state index in [1.54, 1.807) is 29.8 Å². The van der Waals surface area contributed by atoms with Gasteiger partial charge in [-0.1, -0.05) is 23.2 Å². The van der Waals surface area contributed by atoms with E-state index in [9.17, 15) is 4.79 Å². The Hall–Kier alpha value is -0.520. The van der Waals surface area contributed by atoms with Gasteiger partial charge in [0.05, 0.1) is 14.3 Å². The van der Waals surface area contributed by atoms with Crippen molar-refractivity contribution in [1.82, 2.24) is 4.57 Å². The van der Waals surface area contributed by atoms with Crippen molar-refractivity contribution >= 4 is 45.8 Å². The van der Waals surface area contributed by atoms with E-state index in [-0.39, 0.29) is 5.56 Å². The molecule has 5 heteroatoms. The molecule has 17 heavy (non-hydrogen) atoms. The molecule has 1 aromatic heterocycles. The summed E-state index contributed by atoms with van der Waals surface area (Å²) in [6.45, 7) is 0. The van der Waals surface area contributed by atoms with Gasteiger partial charge in [0, 0.05) is 17.6 Å². The van der Waals surface area contributed by atoms with E-state index in [4.69, 9.17) is 23.2 Å². The lowest BCUT2D eigenvalue weighted by Gasteiger charge is -2.10. The minimum absolute atomic E-state index is 0.0332. The summed E-state index contributed by atoms with van der Waals surface area (Å²) in [6.07, 6.45) is 0. The van der Waals surface area contributed by atoms with Gasteiger partial charge in [-0.2, -0.15) is 0 Å². The smallest absolute Gasteiger partial charge is 0.264 e.